The fourth-order valence-corrected chi connectivity index (χ4v) is 2.10. The largest absolute Gasteiger partial charge is 0.291 e. The van der Waals surface area contributed by atoms with Crippen molar-refractivity contribution in [3.05, 3.63) is 39.4 Å². The van der Waals surface area contributed by atoms with Crippen LogP contribution in [-0.4, -0.2) is 15.0 Å². The molecule has 1 aromatic carbocycles. The van der Waals surface area contributed by atoms with Crippen LogP contribution >= 0.6 is 23.2 Å². The number of fused-ring (bicyclic) bond motifs is 1. The van der Waals surface area contributed by atoms with Gasteiger partial charge in [-0.15, -0.1) is 0 Å². The molecule has 0 radical (unpaired) electrons. The first kappa shape index (κ1) is 11.4. The topological polar surface area (TPSA) is 60.2 Å². The number of Topliss-reactive ketones (excluding diaryl/α,β-unsaturated/α-hetero) is 1. The van der Waals surface area contributed by atoms with Gasteiger partial charge in [-0.25, -0.2) is 0 Å². The molecule has 4 nitrogen and oxygen atoms in total. The molecular formula is C10H7Cl2NO3. The number of nitro benzene ring substituents is 1. The summed E-state index contributed by atoms with van der Waals surface area (Å²) in [4.78, 5) is 21.9. The van der Waals surface area contributed by atoms with E-state index < -0.39 is 15.0 Å². The van der Waals surface area contributed by atoms with Crippen LogP contribution in [0.4, 0.5) is 5.69 Å². The number of ketones is 1. The summed E-state index contributed by atoms with van der Waals surface area (Å²) in [6.07, 6.45) is 0.881. The summed E-state index contributed by atoms with van der Waals surface area (Å²) < 4.78 is -1.46. The first-order valence-electron chi connectivity index (χ1n) is 4.62. The second-order valence-electron chi connectivity index (χ2n) is 3.63. The highest BCUT2D eigenvalue weighted by atomic mass is 35.5. The Morgan fingerprint density at radius 1 is 1.38 bits per heavy atom. The Kier molecular flexibility index (Phi) is 2.64. The average molecular weight is 260 g/mol. The quantitative estimate of drug-likeness (QED) is 0.443. The molecule has 0 aromatic heterocycles. The van der Waals surface area contributed by atoms with Crippen molar-refractivity contribution in [3.8, 4) is 0 Å². The highest BCUT2D eigenvalue weighted by molar-refractivity contribution is 6.60. The summed E-state index contributed by atoms with van der Waals surface area (Å²) >= 11 is 11.7. The molecule has 84 valence electrons. The monoisotopic (exact) mass is 259 g/mol. The Labute approximate surface area is 101 Å². The minimum atomic E-state index is -1.46. The number of nitro groups is 1. The number of halogens is 2. The van der Waals surface area contributed by atoms with Gasteiger partial charge in [0.05, 0.1) is 4.92 Å². The maximum atomic E-state index is 11.8. The van der Waals surface area contributed by atoms with E-state index in [9.17, 15) is 14.9 Å². The van der Waals surface area contributed by atoms with E-state index in [1.54, 1.807) is 6.07 Å². The van der Waals surface area contributed by atoms with Gasteiger partial charge in [-0.3, -0.25) is 14.9 Å². The molecule has 0 heterocycles. The van der Waals surface area contributed by atoms with Crippen LogP contribution in [0.2, 0.25) is 0 Å². The van der Waals surface area contributed by atoms with Crippen molar-refractivity contribution in [3.63, 3.8) is 0 Å². The van der Waals surface area contributed by atoms with Crippen LogP contribution in [0.5, 0.6) is 0 Å². The predicted octanol–water partition coefficient (Wildman–Crippen LogP) is 2.90. The van der Waals surface area contributed by atoms with E-state index in [0.717, 1.165) is 5.56 Å². The normalized spacial score (nSPS) is 18.0. The molecule has 0 amide bonds. The van der Waals surface area contributed by atoms with Gasteiger partial charge in [0.25, 0.3) is 5.69 Å². The number of nitrogens with zero attached hydrogens (tertiary/aromatic N) is 1. The summed E-state index contributed by atoms with van der Waals surface area (Å²) in [6.45, 7) is 0. The van der Waals surface area contributed by atoms with Crippen molar-refractivity contribution >= 4 is 34.7 Å². The van der Waals surface area contributed by atoms with Crippen molar-refractivity contribution in [2.75, 3.05) is 0 Å². The number of non-ortho nitro benzene ring substituents is 1. The van der Waals surface area contributed by atoms with Crippen LogP contribution in [0.3, 0.4) is 0 Å². The standard InChI is InChI=1S/C10H7Cl2NO3/c11-10(12)4-3-6-1-2-7(13(15)16)5-8(6)9(10)14/h1-2,5H,3-4H2. The van der Waals surface area contributed by atoms with Crippen LogP contribution in [0.15, 0.2) is 18.2 Å². The predicted molar refractivity (Wildman–Crippen MR) is 60.2 cm³/mol. The zero-order valence-electron chi connectivity index (χ0n) is 8.07. The van der Waals surface area contributed by atoms with Crippen molar-refractivity contribution in [1.29, 1.82) is 0 Å². The Balaban J connectivity index is 2.53. The third-order valence-corrected chi connectivity index (χ3v) is 3.31. The molecule has 1 aromatic rings. The van der Waals surface area contributed by atoms with Crippen molar-refractivity contribution in [2.24, 2.45) is 0 Å². The Morgan fingerprint density at radius 2 is 2.06 bits per heavy atom. The van der Waals surface area contributed by atoms with E-state index in [0.29, 0.717) is 12.8 Å². The van der Waals surface area contributed by atoms with Crippen LogP contribution in [-0.2, 0) is 6.42 Å². The van der Waals surface area contributed by atoms with Gasteiger partial charge in [-0.2, -0.15) is 0 Å². The third kappa shape index (κ3) is 1.79. The average Bonchev–Trinajstić information content (AvgIpc) is 2.23. The zero-order chi connectivity index (χ0) is 11.9. The van der Waals surface area contributed by atoms with Gasteiger partial charge in [0.1, 0.15) is 0 Å². The number of aryl methyl sites for hydroxylation is 1. The number of rotatable bonds is 1. The van der Waals surface area contributed by atoms with Gasteiger partial charge >= 0.3 is 0 Å². The SMILES string of the molecule is O=C1c2cc([N+](=O)[O-])ccc2CCC1(Cl)Cl. The smallest absolute Gasteiger partial charge is 0.270 e. The zero-order valence-corrected chi connectivity index (χ0v) is 9.59. The molecule has 1 aliphatic rings. The van der Waals surface area contributed by atoms with Crippen LogP contribution in [0, 0.1) is 10.1 Å². The van der Waals surface area contributed by atoms with E-state index in [1.165, 1.54) is 12.1 Å². The summed E-state index contributed by atoms with van der Waals surface area (Å²) in [7, 11) is 0. The molecule has 16 heavy (non-hydrogen) atoms. The molecule has 0 saturated heterocycles. The lowest BCUT2D eigenvalue weighted by Crippen LogP contribution is -2.32. The van der Waals surface area contributed by atoms with Crippen LogP contribution in [0.1, 0.15) is 22.3 Å². The molecular weight excluding hydrogens is 253 g/mol. The number of benzene rings is 1. The molecule has 0 saturated carbocycles. The molecule has 6 heteroatoms. The first-order chi connectivity index (χ1) is 7.42. The maximum absolute atomic E-state index is 11.8. The van der Waals surface area contributed by atoms with Crippen LogP contribution < -0.4 is 0 Å². The third-order valence-electron chi connectivity index (χ3n) is 2.59. The summed E-state index contributed by atoms with van der Waals surface area (Å²) in [6, 6.07) is 4.19. The second-order valence-corrected chi connectivity index (χ2v) is 5.12. The second kappa shape index (κ2) is 3.71. The van der Waals surface area contributed by atoms with Crippen molar-refractivity contribution < 1.29 is 9.72 Å². The number of carbonyl (C=O) groups is 1. The Morgan fingerprint density at radius 3 is 2.69 bits per heavy atom. The molecule has 0 unspecified atom stereocenters. The van der Waals surface area contributed by atoms with Gasteiger partial charge in [0.2, 0.25) is 0 Å². The van der Waals surface area contributed by atoms with E-state index in [-0.39, 0.29) is 11.3 Å². The van der Waals surface area contributed by atoms with Gasteiger partial charge in [-0.1, -0.05) is 29.3 Å². The van der Waals surface area contributed by atoms with Gasteiger partial charge in [-0.05, 0) is 18.4 Å². The van der Waals surface area contributed by atoms with Gasteiger partial charge < -0.3 is 0 Å². The molecule has 0 N–H and O–H groups in total. The fraction of sp³-hybridized carbons (Fsp3) is 0.300. The number of carbonyl (C=O) groups excluding carboxylic acids is 1. The minimum absolute atomic E-state index is 0.127. The summed E-state index contributed by atoms with van der Waals surface area (Å²) in [5.74, 6) is -0.458. The van der Waals surface area contributed by atoms with Gasteiger partial charge in [0, 0.05) is 17.7 Å². The highest BCUT2D eigenvalue weighted by Gasteiger charge is 2.39. The number of hydrogen-bond donors (Lipinski definition) is 0. The Hall–Kier alpha value is -1.13. The number of alkyl halides is 2. The lowest BCUT2D eigenvalue weighted by Gasteiger charge is -2.24. The van der Waals surface area contributed by atoms with Crippen molar-refractivity contribution in [1.82, 2.24) is 0 Å². The molecule has 0 atom stereocenters. The van der Waals surface area contributed by atoms with Crippen molar-refractivity contribution in [2.45, 2.75) is 17.2 Å². The summed E-state index contributed by atoms with van der Waals surface area (Å²) in [5, 5.41) is 10.6. The first-order valence-corrected chi connectivity index (χ1v) is 5.37. The molecule has 2 rings (SSSR count). The summed E-state index contributed by atoms with van der Waals surface area (Å²) in [5.41, 5.74) is 0.885. The highest BCUT2D eigenvalue weighted by Crippen LogP contribution is 2.37. The van der Waals surface area contributed by atoms with E-state index in [2.05, 4.69) is 0 Å². The lowest BCUT2D eigenvalue weighted by atomic mass is 9.89. The fourth-order valence-electron chi connectivity index (χ4n) is 1.71. The molecule has 1 aliphatic carbocycles. The minimum Gasteiger partial charge on any atom is -0.291 e. The number of hydrogen-bond acceptors (Lipinski definition) is 3. The van der Waals surface area contributed by atoms with Crippen LogP contribution in [0.25, 0.3) is 0 Å². The van der Waals surface area contributed by atoms with E-state index >= 15 is 0 Å². The maximum Gasteiger partial charge on any atom is 0.270 e. The molecule has 0 aliphatic heterocycles. The van der Waals surface area contributed by atoms with Gasteiger partial charge in [0.15, 0.2) is 10.1 Å². The molecule has 0 spiro atoms. The molecule has 0 fully saturated rings. The lowest BCUT2D eigenvalue weighted by molar-refractivity contribution is -0.384. The molecule has 0 bridgehead atoms. The van der Waals surface area contributed by atoms with E-state index in [1.807, 2.05) is 0 Å². The van der Waals surface area contributed by atoms with E-state index in [4.69, 9.17) is 23.2 Å². The Bertz CT molecular complexity index is 485.